The Hall–Kier alpha value is -5.14. The van der Waals surface area contributed by atoms with Gasteiger partial charge in [0.2, 0.25) is 0 Å². The summed E-state index contributed by atoms with van der Waals surface area (Å²) in [5.41, 5.74) is 9.61. The first-order valence-electron chi connectivity index (χ1n) is 14.4. The maximum Gasteiger partial charge on any atom is 0.139 e. The summed E-state index contributed by atoms with van der Waals surface area (Å²) in [7, 11) is 0. The second-order valence-electron chi connectivity index (χ2n) is 11.1. The number of benzene rings is 7. The molecule has 9 rings (SSSR count). The van der Waals surface area contributed by atoms with Gasteiger partial charge in [-0.25, -0.2) is 0 Å². The van der Waals surface area contributed by atoms with Gasteiger partial charge >= 0.3 is 0 Å². The summed E-state index contributed by atoms with van der Waals surface area (Å²) in [5.74, 6) is 0. The largest absolute Gasteiger partial charge is 0.456 e. The van der Waals surface area contributed by atoms with Gasteiger partial charge in [0.15, 0.2) is 0 Å². The fraction of sp³-hybridized carbons (Fsp3) is 0.0500. The topological polar surface area (TPSA) is 13.1 Å². The minimum atomic E-state index is 0.956. The molecule has 0 saturated carbocycles. The van der Waals surface area contributed by atoms with Crippen LogP contribution in [0.1, 0.15) is 17.5 Å². The van der Waals surface area contributed by atoms with Gasteiger partial charge in [-0.05, 0) is 85.1 Å². The van der Waals surface area contributed by atoms with Crippen LogP contribution in [0.5, 0.6) is 0 Å². The fourth-order valence-corrected chi connectivity index (χ4v) is 7.17. The van der Waals surface area contributed by atoms with E-state index in [2.05, 4.69) is 133 Å². The quantitative estimate of drug-likeness (QED) is 0.206. The Kier molecular flexibility index (Phi) is 4.80. The Morgan fingerprint density at radius 3 is 1.83 bits per heavy atom. The van der Waals surface area contributed by atoms with E-state index in [9.17, 15) is 0 Å². The van der Waals surface area contributed by atoms with Crippen LogP contribution in [0, 0.1) is 0 Å². The number of aryl methyl sites for hydroxylation is 1. The Bertz CT molecular complexity index is 2290. The maximum atomic E-state index is 6.80. The van der Waals surface area contributed by atoms with Crippen molar-refractivity contribution in [1.29, 1.82) is 0 Å². The summed E-state index contributed by atoms with van der Waals surface area (Å²) in [4.78, 5) is 0. The Balaban J connectivity index is 1.46. The van der Waals surface area contributed by atoms with Crippen LogP contribution in [0.25, 0.3) is 82.6 Å². The third-order valence-electron chi connectivity index (χ3n) is 8.91. The molecule has 7 aromatic carbocycles. The van der Waals surface area contributed by atoms with E-state index < -0.39 is 0 Å². The van der Waals surface area contributed by atoms with Crippen LogP contribution >= 0.6 is 0 Å². The molecule has 1 heterocycles. The van der Waals surface area contributed by atoms with Gasteiger partial charge in [0, 0.05) is 16.3 Å². The molecule has 0 atom stereocenters. The zero-order valence-corrected chi connectivity index (χ0v) is 22.5. The molecular weight excluding hydrogens is 496 g/mol. The van der Waals surface area contributed by atoms with Gasteiger partial charge in [0.05, 0.1) is 0 Å². The molecule has 1 heteroatoms. The summed E-state index contributed by atoms with van der Waals surface area (Å²) < 4.78 is 6.80. The van der Waals surface area contributed by atoms with E-state index in [1.165, 1.54) is 76.5 Å². The summed E-state index contributed by atoms with van der Waals surface area (Å²) in [5, 5.41) is 9.97. The summed E-state index contributed by atoms with van der Waals surface area (Å²) in [6.07, 6.45) is 6.58. The van der Waals surface area contributed by atoms with Crippen molar-refractivity contribution in [1.82, 2.24) is 0 Å². The first kappa shape index (κ1) is 22.7. The second kappa shape index (κ2) is 8.68. The number of fused-ring (bicyclic) bond motifs is 9. The van der Waals surface area contributed by atoms with Crippen molar-refractivity contribution in [3.63, 3.8) is 0 Å². The summed E-state index contributed by atoms with van der Waals surface area (Å²) >= 11 is 0. The molecule has 0 aliphatic heterocycles. The first-order valence-corrected chi connectivity index (χ1v) is 14.4. The molecule has 0 bridgehead atoms. The molecule has 1 aliphatic rings. The number of rotatable bonds is 2. The van der Waals surface area contributed by atoms with Crippen molar-refractivity contribution in [2.24, 2.45) is 0 Å². The van der Waals surface area contributed by atoms with Crippen LogP contribution in [-0.2, 0) is 6.42 Å². The summed E-state index contributed by atoms with van der Waals surface area (Å²) in [6.45, 7) is 0. The highest BCUT2D eigenvalue weighted by Gasteiger charge is 2.22. The molecule has 0 unspecified atom stereocenters. The van der Waals surface area contributed by atoms with Crippen LogP contribution in [-0.4, -0.2) is 0 Å². The zero-order chi connectivity index (χ0) is 26.9. The lowest BCUT2D eigenvalue weighted by Gasteiger charge is -2.19. The highest BCUT2D eigenvalue weighted by atomic mass is 16.3. The molecule has 8 aromatic rings. The fourth-order valence-electron chi connectivity index (χ4n) is 7.17. The van der Waals surface area contributed by atoms with E-state index in [4.69, 9.17) is 4.42 Å². The number of furan rings is 1. The molecule has 0 fully saturated rings. The van der Waals surface area contributed by atoms with Crippen LogP contribution in [0.15, 0.2) is 132 Å². The zero-order valence-electron chi connectivity index (χ0n) is 22.5. The van der Waals surface area contributed by atoms with Crippen molar-refractivity contribution >= 4 is 60.3 Å². The van der Waals surface area contributed by atoms with E-state index in [0.29, 0.717) is 0 Å². The normalized spacial score (nSPS) is 13.1. The predicted octanol–water partition coefficient (Wildman–Crippen LogP) is 11.3. The van der Waals surface area contributed by atoms with Crippen LogP contribution in [0.3, 0.4) is 0 Å². The van der Waals surface area contributed by atoms with E-state index in [1.807, 2.05) is 0 Å². The van der Waals surface area contributed by atoms with Crippen molar-refractivity contribution in [2.75, 3.05) is 0 Å². The number of allylic oxidation sites excluding steroid dienone is 1. The monoisotopic (exact) mass is 522 g/mol. The van der Waals surface area contributed by atoms with Gasteiger partial charge in [-0.15, -0.1) is 0 Å². The number of hydrogen-bond acceptors (Lipinski definition) is 1. The third kappa shape index (κ3) is 3.24. The SMILES string of the molecule is C1=Cc2ccc3c(oc4cc(-c5c6ccccc6c(-c6ccccc6)c6ccccc56)c5ccccc5c43)c2CC1. The van der Waals surface area contributed by atoms with Crippen molar-refractivity contribution in [2.45, 2.75) is 12.8 Å². The number of hydrogen-bond donors (Lipinski definition) is 0. The standard InChI is InChI=1S/C40H26O/c1-2-13-26(14-3-1)37-30-18-8-10-20-32(30)38(33-21-11-9-19-31(33)37)35-24-36-39(29-17-7-6-16-28(29)35)34-23-22-25-12-4-5-15-27(25)40(34)41-36/h1-4,6-14,16-24H,5,15H2. The van der Waals surface area contributed by atoms with Crippen molar-refractivity contribution in [3.05, 3.63) is 139 Å². The molecule has 1 aromatic heterocycles. The van der Waals surface area contributed by atoms with Crippen molar-refractivity contribution in [3.8, 4) is 22.3 Å². The van der Waals surface area contributed by atoms with Crippen LogP contribution in [0.2, 0.25) is 0 Å². The average Bonchev–Trinajstić information content (AvgIpc) is 3.43. The Morgan fingerprint density at radius 1 is 0.512 bits per heavy atom. The predicted molar refractivity (Wildman–Crippen MR) is 174 cm³/mol. The molecule has 0 radical (unpaired) electrons. The first-order chi connectivity index (χ1) is 20.4. The Morgan fingerprint density at radius 2 is 1.12 bits per heavy atom. The van der Waals surface area contributed by atoms with Crippen LogP contribution in [0.4, 0.5) is 0 Å². The lowest BCUT2D eigenvalue weighted by atomic mass is 9.84. The van der Waals surface area contributed by atoms with E-state index in [0.717, 1.165) is 24.0 Å². The van der Waals surface area contributed by atoms with E-state index >= 15 is 0 Å². The summed E-state index contributed by atoms with van der Waals surface area (Å²) in [6, 6.07) is 44.2. The maximum absolute atomic E-state index is 6.80. The molecule has 1 aliphatic carbocycles. The molecule has 1 nitrogen and oxygen atoms in total. The van der Waals surface area contributed by atoms with Crippen molar-refractivity contribution < 1.29 is 4.42 Å². The van der Waals surface area contributed by atoms with Gasteiger partial charge in [0.1, 0.15) is 11.2 Å². The van der Waals surface area contributed by atoms with Gasteiger partial charge < -0.3 is 4.42 Å². The van der Waals surface area contributed by atoms with Gasteiger partial charge in [0.25, 0.3) is 0 Å². The van der Waals surface area contributed by atoms with Crippen LogP contribution < -0.4 is 0 Å². The van der Waals surface area contributed by atoms with Gasteiger partial charge in [-0.2, -0.15) is 0 Å². The molecule has 0 spiro atoms. The smallest absolute Gasteiger partial charge is 0.139 e. The molecule has 0 saturated heterocycles. The van der Waals surface area contributed by atoms with E-state index in [1.54, 1.807) is 0 Å². The molecule has 0 N–H and O–H groups in total. The highest BCUT2D eigenvalue weighted by molar-refractivity contribution is 6.28. The van der Waals surface area contributed by atoms with Gasteiger partial charge in [-0.1, -0.05) is 121 Å². The lowest BCUT2D eigenvalue weighted by molar-refractivity contribution is 0.662. The lowest BCUT2D eigenvalue weighted by Crippen LogP contribution is -1.93. The minimum absolute atomic E-state index is 0.956. The molecule has 192 valence electrons. The second-order valence-corrected chi connectivity index (χ2v) is 11.1. The molecule has 0 amide bonds. The minimum Gasteiger partial charge on any atom is -0.456 e. The molecular formula is C40H26O. The third-order valence-corrected chi connectivity index (χ3v) is 8.91. The molecule has 41 heavy (non-hydrogen) atoms. The van der Waals surface area contributed by atoms with E-state index in [-0.39, 0.29) is 0 Å². The average molecular weight is 523 g/mol. The highest BCUT2D eigenvalue weighted by Crippen LogP contribution is 2.48. The Labute approximate surface area is 238 Å². The van der Waals surface area contributed by atoms with Gasteiger partial charge in [-0.3, -0.25) is 0 Å².